The molecule has 16 heavy (non-hydrogen) atoms. The van der Waals surface area contributed by atoms with Crippen molar-refractivity contribution in [3.63, 3.8) is 0 Å². The first-order valence-corrected chi connectivity index (χ1v) is 6.07. The van der Waals surface area contributed by atoms with Crippen LogP contribution >= 0.6 is 15.9 Å². The van der Waals surface area contributed by atoms with Crippen molar-refractivity contribution >= 4 is 21.9 Å². The van der Waals surface area contributed by atoms with Crippen molar-refractivity contribution in [1.29, 1.82) is 5.26 Å². The molecule has 84 valence electrons. The molecule has 0 atom stereocenters. The summed E-state index contributed by atoms with van der Waals surface area (Å²) in [5, 5.41) is 18.3. The van der Waals surface area contributed by atoms with Gasteiger partial charge in [-0.1, -0.05) is 22.9 Å². The molecule has 0 bridgehead atoms. The van der Waals surface area contributed by atoms with E-state index >= 15 is 0 Å². The molecule has 1 N–H and O–H groups in total. The number of carboxylic acid groups (broad SMARTS) is 1. The molecular formula is C12H12BrNO2. The molecular weight excluding hydrogens is 270 g/mol. The summed E-state index contributed by atoms with van der Waals surface area (Å²) < 4.78 is 0. The highest BCUT2D eigenvalue weighted by Gasteiger charge is 2.11. The van der Waals surface area contributed by atoms with Gasteiger partial charge < -0.3 is 5.11 Å². The zero-order valence-electron chi connectivity index (χ0n) is 8.96. The summed E-state index contributed by atoms with van der Waals surface area (Å²) in [4.78, 5) is 10.7. The van der Waals surface area contributed by atoms with E-state index in [9.17, 15) is 4.79 Å². The lowest BCUT2D eigenvalue weighted by Gasteiger charge is -2.11. The molecule has 0 saturated heterocycles. The van der Waals surface area contributed by atoms with Crippen LogP contribution in [0.3, 0.4) is 0 Å². The Balaban J connectivity index is 3.32. The normalized spacial score (nSPS) is 9.81. The van der Waals surface area contributed by atoms with Gasteiger partial charge in [0.15, 0.2) is 0 Å². The van der Waals surface area contributed by atoms with Crippen LogP contribution in [0, 0.1) is 11.3 Å². The zero-order valence-corrected chi connectivity index (χ0v) is 10.5. The highest BCUT2D eigenvalue weighted by molar-refractivity contribution is 9.08. The Kier molecular flexibility index (Phi) is 4.51. The first-order chi connectivity index (χ1) is 7.62. The molecule has 1 rings (SSSR count). The van der Waals surface area contributed by atoms with E-state index in [1.807, 2.05) is 13.0 Å². The maximum absolute atomic E-state index is 10.7. The van der Waals surface area contributed by atoms with Crippen LogP contribution in [-0.4, -0.2) is 11.1 Å². The summed E-state index contributed by atoms with van der Waals surface area (Å²) in [7, 11) is 0. The van der Waals surface area contributed by atoms with E-state index in [2.05, 4.69) is 22.0 Å². The molecule has 1 aromatic rings. The van der Waals surface area contributed by atoms with Gasteiger partial charge in [0.2, 0.25) is 0 Å². The number of rotatable bonds is 4. The quantitative estimate of drug-likeness (QED) is 0.863. The van der Waals surface area contributed by atoms with Crippen molar-refractivity contribution in [3.05, 3.63) is 34.4 Å². The predicted molar refractivity (Wildman–Crippen MR) is 64.5 cm³/mol. The Morgan fingerprint density at radius 1 is 1.50 bits per heavy atom. The van der Waals surface area contributed by atoms with Gasteiger partial charge in [-0.3, -0.25) is 4.79 Å². The molecule has 0 saturated carbocycles. The van der Waals surface area contributed by atoms with Crippen molar-refractivity contribution in [3.8, 4) is 6.07 Å². The van der Waals surface area contributed by atoms with E-state index in [0.717, 1.165) is 23.1 Å². The number of aryl methyl sites for hydroxylation is 1. The van der Waals surface area contributed by atoms with Gasteiger partial charge in [-0.2, -0.15) is 5.26 Å². The largest absolute Gasteiger partial charge is 0.481 e. The Hall–Kier alpha value is -1.34. The minimum atomic E-state index is -0.876. The number of carboxylic acids is 1. The van der Waals surface area contributed by atoms with E-state index in [4.69, 9.17) is 10.4 Å². The third kappa shape index (κ3) is 2.83. The number of nitrogens with zero attached hydrogens (tertiary/aromatic N) is 1. The van der Waals surface area contributed by atoms with Crippen molar-refractivity contribution in [1.82, 2.24) is 0 Å². The molecule has 4 heteroatoms. The Bertz CT molecular complexity index is 449. The van der Waals surface area contributed by atoms with Gasteiger partial charge in [-0.25, -0.2) is 0 Å². The second kappa shape index (κ2) is 5.66. The molecule has 0 aliphatic heterocycles. The van der Waals surface area contributed by atoms with Crippen LogP contribution in [0.2, 0.25) is 0 Å². The number of nitriles is 1. The second-order valence-corrected chi connectivity index (χ2v) is 4.00. The number of alkyl halides is 1. The molecule has 0 unspecified atom stereocenters. The Morgan fingerprint density at radius 3 is 2.56 bits per heavy atom. The first-order valence-electron chi connectivity index (χ1n) is 4.94. The fourth-order valence-corrected chi connectivity index (χ4v) is 2.39. The van der Waals surface area contributed by atoms with E-state index in [-0.39, 0.29) is 6.42 Å². The predicted octanol–water partition coefficient (Wildman–Crippen LogP) is 2.64. The standard InChI is InChI=1S/C12H12BrNO2/c1-2-9-3-8(7-14)4-10(5-12(15)16)11(9)6-13/h3-4H,2,5-6H2,1H3,(H,15,16). The number of carbonyl (C=O) groups is 1. The van der Waals surface area contributed by atoms with Crippen LogP contribution in [0.15, 0.2) is 12.1 Å². The highest BCUT2D eigenvalue weighted by atomic mass is 79.9. The van der Waals surface area contributed by atoms with Gasteiger partial charge in [0.05, 0.1) is 18.1 Å². The van der Waals surface area contributed by atoms with Crippen molar-refractivity contribution in [2.45, 2.75) is 25.1 Å². The summed E-state index contributed by atoms with van der Waals surface area (Å²) in [6, 6.07) is 5.54. The average molecular weight is 282 g/mol. The lowest BCUT2D eigenvalue weighted by Crippen LogP contribution is -2.06. The molecule has 0 aromatic heterocycles. The topological polar surface area (TPSA) is 61.1 Å². The highest BCUT2D eigenvalue weighted by Crippen LogP contribution is 2.21. The monoisotopic (exact) mass is 281 g/mol. The average Bonchev–Trinajstić information content (AvgIpc) is 2.27. The Labute approximate surface area is 103 Å². The fourth-order valence-electron chi connectivity index (χ4n) is 1.67. The third-order valence-corrected chi connectivity index (χ3v) is 2.98. The van der Waals surface area contributed by atoms with Gasteiger partial charge in [0.1, 0.15) is 0 Å². The molecule has 0 spiro atoms. The van der Waals surface area contributed by atoms with Crippen LogP contribution in [0.4, 0.5) is 0 Å². The minimum Gasteiger partial charge on any atom is -0.481 e. The van der Waals surface area contributed by atoms with Gasteiger partial charge in [0, 0.05) is 5.33 Å². The summed E-state index contributed by atoms with van der Waals surface area (Å²) in [5.41, 5.74) is 3.27. The van der Waals surface area contributed by atoms with E-state index in [1.165, 1.54) is 0 Å². The molecule has 0 fully saturated rings. The number of halogens is 1. The second-order valence-electron chi connectivity index (χ2n) is 3.44. The SMILES string of the molecule is CCc1cc(C#N)cc(CC(=O)O)c1CBr. The van der Waals surface area contributed by atoms with E-state index < -0.39 is 5.97 Å². The number of aliphatic carboxylic acids is 1. The maximum atomic E-state index is 10.7. The van der Waals surface area contributed by atoms with Crippen molar-refractivity contribution in [2.75, 3.05) is 0 Å². The zero-order chi connectivity index (χ0) is 12.1. The smallest absolute Gasteiger partial charge is 0.307 e. The van der Waals surface area contributed by atoms with Crippen LogP contribution in [-0.2, 0) is 23.0 Å². The van der Waals surface area contributed by atoms with Crippen LogP contribution in [0.25, 0.3) is 0 Å². The van der Waals surface area contributed by atoms with Gasteiger partial charge in [-0.15, -0.1) is 0 Å². The van der Waals surface area contributed by atoms with Crippen molar-refractivity contribution < 1.29 is 9.90 Å². The van der Waals surface area contributed by atoms with Crippen LogP contribution in [0.1, 0.15) is 29.2 Å². The number of hydrogen-bond donors (Lipinski definition) is 1. The minimum absolute atomic E-state index is 0.0382. The number of benzene rings is 1. The molecule has 0 aliphatic rings. The molecule has 0 amide bonds. The van der Waals surface area contributed by atoms with Crippen molar-refractivity contribution in [2.24, 2.45) is 0 Å². The number of hydrogen-bond acceptors (Lipinski definition) is 2. The van der Waals surface area contributed by atoms with Gasteiger partial charge >= 0.3 is 5.97 Å². The summed E-state index contributed by atoms with van der Waals surface area (Å²) in [6.07, 6.45) is 0.756. The van der Waals surface area contributed by atoms with Crippen LogP contribution in [0.5, 0.6) is 0 Å². The molecule has 0 aliphatic carbocycles. The maximum Gasteiger partial charge on any atom is 0.307 e. The third-order valence-electron chi connectivity index (χ3n) is 2.42. The summed E-state index contributed by atoms with van der Waals surface area (Å²) in [5.74, 6) is -0.876. The molecule has 1 aromatic carbocycles. The lowest BCUT2D eigenvalue weighted by atomic mass is 9.95. The molecule has 0 radical (unpaired) electrons. The van der Waals surface area contributed by atoms with E-state index in [0.29, 0.717) is 10.9 Å². The summed E-state index contributed by atoms with van der Waals surface area (Å²) in [6.45, 7) is 1.99. The Morgan fingerprint density at radius 2 is 2.12 bits per heavy atom. The fraction of sp³-hybridized carbons (Fsp3) is 0.333. The summed E-state index contributed by atoms with van der Waals surface area (Å²) >= 11 is 3.36. The molecule has 0 heterocycles. The van der Waals surface area contributed by atoms with Gasteiger partial charge in [-0.05, 0) is 35.2 Å². The van der Waals surface area contributed by atoms with E-state index in [1.54, 1.807) is 6.07 Å². The first kappa shape index (κ1) is 12.7. The van der Waals surface area contributed by atoms with Gasteiger partial charge in [0.25, 0.3) is 0 Å². The molecule has 3 nitrogen and oxygen atoms in total. The lowest BCUT2D eigenvalue weighted by molar-refractivity contribution is -0.136. The van der Waals surface area contributed by atoms with Crippen LogP contribution < -0.4 is 0 Å².